The van der Waals surface area contributed by atoms with Crippen molar-refractivity contribution in [1.82, 2.24) is 15.1 Å². The van der Waals surface area contributed by atoms with Crippen LogP contribution in [0, 0.1) is 5.92 Å². The van der Waals surface area contributed by atoms with Crippen LogP contribution in [-0.4, -0.2) is 41.8 Å². The van der Waals surface area contributed by atoms with E-state index in [0.717, 1.165) is 37.3 Å². The van der Waals surface area contributed by atoms with E-state index in [2.05, 4.69) is 34.3 Å². The first-order chi connectivity index (χ1) is 11.7. The van der Waals surface area contributed by atoms with Gasteiger partial charge in [-0.1, -0.05) is 6.07 Å². The molecular formula is C19H21N3O2. The number of likely N-dealkylation sites (N-methyl/N-ethyl adjacent to an activating group) is 1. The quantitative estimate of drug-likeness (QED) is 0.874. The molecule has 1 aromatic carbocycles. The normalized spacial score (nSPS) is 35.2. The van der Waals surface area contributed by atoms with Crippen LogP contribution in [0.3, 0.4) is 0 Å². The Morgan fingerprint density at radius 3 is 3.12 bits per heavy atom. The van der Waals surface area contributed by atoms with Gasteiger partial charge in [-0.25, -0.2) is 0 Å². The zero-order valence-electron chi connectivity index (χ0n) is 14.0. The van der Waals surface area contributed by atoms with Crippen molar-refractivity contribution in [3.8, 4) is 11.5 Å². The largest absolute Gasteiger partial charge is 0.493 e. The molecule has 0 amide bonds. The van der Waals surface area contributed by atoms with Gasteiger partial charge in [0.05, 0.1) is 19.0 Å². The van der Waals surface area contributed by atoms with Gasteiger partial charge in [-0.2, -0.15) is 5.10 Å². The molecular weight excluding hydrogens is 302 g/mol. The van der Waals surface area contributed by atoms with Crippen molar-refractivity contribution < 1.29 is 9.47 Å². The van der Waals surface area contributed by atoms with E-state index in [4.69, 9.17) is 9.47 Å². The lowest BCUT2D eigenvalue weighted by Crippen LogP contribution is -2.62. The van der Waals surface area contributed by atoms with Crippen LogP contribution in [0.1, 0.15) is 34.9 Å². The van der Waals surface area contributed by atoms with Crippen LogP contribution < -0.4 is 9.47 Å². The van der Waals surface area contributed by atoms with Crippen molar-refractivity contribution in [2.45, 2.75) is 36.8 Å². The van der Waals surface area contributed by atoms with E-state index < -0.39 is 0 Å². The van der Waals surface area contributed by atoms with Crippen molar-refractivity contribution in [2.75, 3.05) is 20.7 Å². The molecule has 2 aliphatic carbocycles. The number of ether oxygens (including phenoxy) is 2. The van der Waals surface area contributed by atoms with Crippen molar-refractivity contribution in [2.24, 2.45) is 5.92 Å². The molecule has 24 heavy (non-hydrogen) atoms. The molecule has 2 aromatic rings. The summed E-state index contributed by atoms with van der Waals surface area (Å²) in [5.74, 6) is 2.44. The van der Waals surface area contributed by atoms with Crippen molar-refractivity contribution in [1.29, 1.82) is 0 Å². The molecule has 2 bridgehead atoms. The van der Waals surface area contributed by atoms with Crippen molar-refractivity contribution >= 4 is 0 Å². The molecule has 1 N–H and O–H groups in total. The van der Waals surface area contributed by atoms with E-state index >= 15 is 0 Å². The molecule has 1 spiro atoms. The first-order valence-corrected chi connectivity index (χ1v) is 8.83. The number of likely N-dealkylation sites (tertiary alicyclic amines) is 1. The smallest absolute Gasteiger partial charge is 0.166 e. The lowest BCUT2D eigenvalue weighted by Gasteiger charge is -2.57. The number of piperidine rings is 1. The van der Waals surface area contributed by atoms with Gasteiger partial charge in [-0.05, 0) is 56.0 Å². The summed E-state index contributed by atoms with van der Waals surface area (Å²) in [4.78, 5) is 2.56. The highest BCUT2D eigenvalue weighted by Crippen LogP contribution is 2.66. The number of hydrogen-bond donors (Lipinski definition) is 1. The minimum absolute atomic E-state index is 0.0512. The van der Waals surface area contributed by atoms with Crippen LogP contribution in [0.25, 0.3) is 0 Å². The fourth-order valence-corrected chi connectivity index (χ4v) is 6.02. The minimum atomic E-state index is 0.0512. The number of hydrogen-bond acceptors (Lipinski definition) is 4. The van der Waals surface area contributed by atoms with Crippen LogP contribution >= 0.6 is 0 Å². The third-order valence-corrected chi connectivity index (χ3v) is 7.05. The third-order valence-electron chi connectivity index (χ3n) is 7.05. The minimum Gasteiger partial charge on any atom is -0.493 e. The number of aromatic nitrogens is 2. The highest BCUT2D eigenvalue weighted by atomic mass is 16.5. The number of benzene rings is 1. The Morgan fingerprint density at radius 1 is 1.33 bits per heavy atom. The summed E-state index contributed by atoms with van der Waals surface area (Å²) in [6, 6.07) is 4.92. The zero-order valence-corrected chi connectivity index (χ0v) is 14.0. The molecule has 5 nitrogen and oxygen atoms in total. The summed E-state index contributed by atoms with van der Waals surface area (Å²) < 4.78 is 12.2. The maximum absolute atomic E-state index is 6.61. The number of H-pyrrole nitrogens is 1. The Hall–Kier alpha value is -2.01. The predicted molar refractivity (Wildman–Crippen MR) is 88.6 cm³/mol. The molecule has 4 atom stereocenters. The Labute approximate surface area is 140 Å². The molecule has 1 aromatic heterocycles. The van der Waals surface area contributed by atoms with Crippen molar-refractivity contribution in [3.63, 3.8) is 0 Å². The van der Waals surface area contributed by atoms with E-state index in [1.807, 2.05) is 6.20 Å². The fraction of sp³-hybridized carbons (Fsp3) is 0.526. The molecule has 0 radical (unpaired) electrons. The zero-order chi connectivity index (χ0) is 16.1. The summed E-state index contributed by atoms with van der Waals surface area (Å²) in [5, 5.41) is 7.58. The maximum Gasteiger partial charge on any atom is 0.166 e. The van der Waals surface area contributed by atoms with E-state index in [0.29, 0.717) is 12.0 Å². The summed E-state index contributed by atoms with van der Waals surface area (Å²) in [5.41, 5.74) is 5.47. The average molecular weight is 323 g/mol. The van der Waals surface area contributed by atoms with Crippen LogP contribution in [0.2, 0.25) is 0 Å². The van der Waals surface area contributed by atoms with Gasteiger partial charge in [0.15, 0.2) is 17.6 Å². The van der Waals surface area contributed by atoms with Gasteiger partial charge in [0.1, 0.15) is 0 Å². The fourth-order valence-electron chi connectivity index (χ4n) is 6.02. The van der Waals surface area contributed by atoms with Gasteiger partial charge in [0.2, 0.25) is 0 Å². The van der Waals surface area contributed by atoms with E-state index in [9.17, 15) is 0 Å². The first-order valence-electron chi connectivity index (χ1n) is 8.83. The first kappa shape index (κ1) is 13.3. The van der Waals surface area contributed by atoms with E-state index in [1.54, 1.807) is 7.11 Å². The molecule has 6 rings (SSSR count). The van der Waals surface area contributed by atoms with E-state index in [-0.39, 0.29) is 11.5 Å². The number of methoxy groups -OCH3 is 1. The lowest BCUT2D eigenvalue weighted by atomic mass is 9.52. The molecule has 1 fully saturated rings. The van der Waals surface area contributed by atoms with Crippen LogP contribution in [0.5, 0.6) is 11.5 Å². The highest BCUT2D eigenvalue weighted by molar-refractivity contribution is 5.62. The Bertz CT molecular complexity index is 860. The van der Waals surface area contributed by atoms with E-state index in [1.165, 1.54) is 22.4 Å². The number of fused-ring (bicyclic) bond motifs is 2. The lowest BCUT2D eigenvalue weighted by molar-refractivity contribution is -0.0256. The summed E-state index contributed by atoms with van der Waals surface area (Å²) >= 11 is 0. The van der Waals surface area contributed by atoms with Gasteiger partial charge in [-0.3, -0.25) is 5.10 Å². The second kappa shape index (κ2) is 4.14. The van der Waals surface area contributed by atoms with Crippen LogP contribution in [0.4, 0.5) is 0 Å². The SMILES string of the molecule is COc1ccc2c3c1OC1c4[nH]ncc4C[C@H]4[C@@H](C2)N(C)CC[C@]314. The molecule has 124 valence electrons. The Morgan fingerprint density at radius 2 is 2.25 bits per heavy atom. The third kappa shape index (κ3) is 1.28. The second-order valence-electron chi connectivity index (χ2n) is 7.79. The molecule has 5 heteroatoms. The Kier molecular flexibility index (Phi) is 2.30. The molecule has 0 saturated carbocycles. The number of nitrogens with one attached hydrogen (secondary N) is 1. The van der Waals surface area contributed by atoms with Crippen LogP contribution in [0.15, 0.2) is 18.3 Å². The molecule has 1 saturated heterocycles. The molecule has 2 aliphatic heterocycles. The summed E-state index contributed by atoms with van der Waals surface area (Å²) in [6.07, 6.45) is 5.39. The molecule has 4 aliphatic rings. The number of rotatable bonds is 1. The van der Waals surface area contributed by atoms with Gasteiger partial charge in [-0.15, -0.1) is 0 Å². The Balaban J connectivity index is 1.69. The van der Waals surface area contributed by atoms with Gasteiger partial charge in [0, 0.05) is 17.0 Å². The molecule has 3 heterocycles. The summed E-state index contributed by atoms with van der Waals surface area (Å²) in [6.45, 7) is 1.13. The number of aromatic amines is 1. The molecule has 1 unspecified atom stereocenters. The van der Waals surface area contributed by atoms with Gasteiger partial charge < -0.3 is 14.4 Å². The topological polar surface area (TPSA) is 50.4 Å². The standard InChI is InChI=1S/C19H21N3O2/c1-22-6-5-19-12-7-11-9-20-21-16(11)18(19)24-17-14(23-2)4-3-10(15(17)19)8-13(12)22/h3-4,9,12-13,18H,5-8H2,1-2H3,(H,20,21)/t12-,13+,18?,19-/m0/s1. The second-order valence-corrected chi connectivity index (χ2v) is 7.79. The monoisotopic (exact) mass is 323 g/mol. The van der Waals surface area contributed by atoms with Gasteiger partial charge >= 0.3 is 0 Å². The summed E-state index contributed by atoms with van der Waals surface area (Å²) in [7, 11) is 4.02. The van der Waals surface area contributed by atoms with Crippen molar-refractivity contribution in [3.05, 3.63) is 40.7 Å². The number of nitrogens with zero attached hydrogens (tertiary/aromatic N) is 2. The van der Waals surface area contributed by atoms with Gasteiger partial charge in [0.25, 0.3) is 0 Å². The average Bonchev–Trinajstić information content (AvgIpc) is 3.18. The highest BCUT2D eigenvalue weighted by Gasteiger charge is 2.65. The van der Waals surface area contributed by atoms with Crippen LogP contribution in [-0.2, 0) is 18.3 Å². The maximum atomic E-state index is 6.61. The predicted octanol–water partition coefficient (Wildman–Crippen LogP) is 2.22.